The maximum Gasteiger partial charge on any atom is 0.185 e. The van der Waals surface area contributed by atoms with Gasteiger partial charge in [0.15, 0.2) is 5.43 Å². The minimum absolute atomic E-state index is 0.0618. The van der Waals surface area contributed by atoms with Gasteiger partial charge in [0.1, 0.15) is 17.1 Å². The number of hydrogen-bond acceptors (Lipinski definition) is 4. The van der Waals surface area contributed by atoms with E-state index in [9.17, 15) is 4.79 Å². The maximum absolute atomic E-state index is 12.7. The second kappa shape index (κ2) is 9.15. The molecule has 2 aromatic heterocycles. The van der Waals surface area contributed by atoms with Crippen LogP contribution in [0.25, 0.3) is 33.6 Å². The molecule has 5 rings (SSSR count). The van der Waals surface area contributed by atoms with E-state index in [-0.39, 0.29) is 11.5 Å². The van der Waals surface area contributed by atoms with Gasteiger partial charge in [-0.15, -0.1) is 0 Å². The average Bonchev–Trinajstić information content (AvgIpc) is 3.26. The van der Waals surface area contributed by atoms with E-state index in [4.69, 9.17) is 13.9 Å². The van der Waals surface area contributed by atoms with Crippen molar-refractivity contribution in [1.29, 1.82) is 0 Å². The van der Waals surface area contributed by atoms with Crippen LogP contribution in [0.4, 0.5) is 0 Å². The van der Waals surface area contributed by atoms with E-state index in [2.05, 4.69) is 36.6 Å². The number of aryl methyl sites for hydroxylation is 1. The summed E-state index contributed by atoms with van der Waals surface area (Å²) in [6.07, 6.45) is 3.71. The maximum atomic E-state index is 12.7. The van der Waals surface area contributed by atoms with Gasteiger partial charge >= 0.3 is 0 Å². The molecule has 0 fully saturated rings. The number of ether oxygens (including phenoxy) is 2. The minimum atomic E-state index is 0.0618. The number of rotatable bonds is 7. The van der Waals surface area contributed by atoms with Crippen molar-refractivity contribution in [3.63, 3.8) is 0 Å². The number of benzene rings is 2. The van der Waals surface area contributed by atoms with E-state index >= 15 is 0 Å². The fraction of sp³-hybridized carbons (Fsp3) is 0.345. The summed E-state index contributed by atoms with van der Waals surface area (Å²) in [6, 6.07) is 16.4. The number of hydrogen-bond donors (Lipinski definition) is 0. The molecule has 1 aliphatic rings. The molecule has 0 saturated heterocycles. The number of aromatic nitrogens is 1. The molecule has 0 bridgehead atoms. The van der Waals surface area contributed by atoms with Crippen LogP contribution in [0, 0.1) is 12.8 Å². The summed E-state index contributed by atoms with van der Waals surface area (Å²) in [5.41, 5.74) is 5.79. The van der Waals surface area contributed by atoms with Crippen molar-refractivity contribution < 1.29 is 13.9 Å². The lowest BCUT2D eigenvalue weighted by molar-refractivity contribution is 0.172. The Balaban J connectivity index is 1.68. The highest BCUT2D eigenvalue weighted by atomic mass is 16.5. The Hall–Kier alpha value is -3.31. The smallest absolute Gasteiger partial charge is 0.185 e. The molecule has 5 nitrogen and oxygen atoms in total. The van der Waals surface area contributed by atoms with Gasteiger partial charge in [-0.05, 0) is 49.1 Å². The van der Waals surface area contributed by atoms with Gasteiger partial charge in [0.25, 0.3) is 0 Å². The zero-order chi connectivity index (χ0) is 23.8. The molecule has 1 atom stereocenters. The van der Waals surface area contributed by atoms with Gasteiger partial charge in [-0.3, -0.25) is 4.79 Å². The van der Waals surface area contributed by atoms with Crippen molar-refractivity contribution >= 4 is 11.0 Å². The number of para-hydroxylation sites is 1. The first-order chi connectivity index (χ1) is 16.5. The number of pyridine rings is 1. The highest BCUT2D eigenvalue weighted by molar-refractivity contribution is 5.86. The SMILES string of the molecule is COCCCOc1cc2c(cc1-c1cc3ccccc3o1)-c1cc(=O)c(C)cn1C(C(C)C)C2. The van der Waals surface area contributed by atoms with Crippen LogP contribution in [0.5, 0.6) is 5.75 Å². The van der Waals surface area contributed by atoms with Crippen LogP contribution >= 0.6 is 0 Å². The summed E-state index contributed by atoms with van der Waals surface area (Å²) in [4.78, 5) is 12.7. The molecule has 1 aliphatic heterocycles. The van der Waals surface area contributed by atoms with Gasteiger partial charge in [0.05, 0.1) is 17.9 Å². The molecule has 176 valence electrons. The van der Waals surface area contributed by atoms with Gasteiger partial charge in [-0.2, -0.15) is 0 Å². The van der Waals surface area contributed by atoms with Crippen molar-refractivity contribution in [2.24, 2.45) is 5.92 Å². The highest BCUT2D eigenvalue weighted by Gasteiger charge is 2.28. The van der Waals surface area contributed by atoms with E-state index < -0.39 is 0 Å². The third kappa shape index (κ3) is 4.05. The molecule has 0 N–H and O–H groups in total. The molecule has 0 saturated carbocycles. The van der Waals surface area contributed by atoms with Crippen molar-refractivity contribution in [2.75, 3.05) is 20.3 Å². The van der Waals surface area contributed by atoms with Crippen LogP contribution in [-0.4, -0.2) is 24.9 Å². The van der Waals surface area contributed by atoms with Gasteiger partial charge in [-0.1, -0.05) is 32.0 Å². The van der Waals surface area contributed by atoms with Crippen molar-refractivity contribution in [3.05, 3.63) is 76.1 Å². The summed E-state index contributed by atoms with van der Waals surface area (Å²) < 4.78 is 20.0. The second-order valence-corrected chi connectivity index (χ2v) is 9.48. The number of nitrogens with zero attached hydrogens (tertiary/aromatic N) is 1. The van der Waals surface area contributed by atoms with E-state index in [1.165, 1.54) is 5.56 Å². The van der Waals surface area contributed by atoms with Crippen LogP contribution in [-0.2, 0) is 11.2 Å². The van der Waals surface area contributed by atoms with Crippen molar-refractivity contribution in [3.8, 4) is 28.3 Å². The van der Waals surface area contributed by atoms with E-state index in [1.54, 1.807) is 13.2 Å². The molecule has 0 spiro atoms. The lowest BCUT2D eigenvalue weighted by Crippen LogP contribution is -2.26. The lowest BCUT2D eigenvalue weighted by Gasteiger charge is -2.34. The zero-order valence-corrected chi connectivity index (χ0v) is 20.3. The van der Waals surface area contributed by atoms with Gasteiger partial charge in [0, 0.05) is 55.0 Å². The summed E-state index contributed by atoms with van der Waals surface area (Å²) in [6.45, 7) is 7.56. The quantitative estimate of drug-likeness (QED) is 0.301. The standard InChI is InChI=1S/C29H31NO4/c1-18(2)24-12-21-14-28(33-11-7-10-32-4)23(29-13-20-8-5-6-9-27(20)34-29)15-22(21)25-16-26(31)19(3)17-30(24)25/h5-6,8-9,13-18,24H,7,10-12H2,1-4H3. The van der Waals surface area contributed by atoms with Crippen LogP contribution in [0.1, 0.15) is 37.4 Å². The molecule has 5 heteroatoms. The predicted octanol–water partition coefficient (Wildman–Crippen LogP) is 6.41. The highest BCUT2D eigenvalue weighted by Crippen LogP contribution is 2.44. The predicted molar refractivity (Wildman–Crippen MR) is 136 cm³/mol. The average molecular weight is 458 g/mol. The molecule has 0 amide bonds. The lowest BCUT2D eigenvalue weighted by atomic mass is 9.86. The first-order valence-electron chi connectivity index (χ1n) is 12.0. The molecular formula is C29H31NO4. The molecule has 3 heterocycles. The minimum Gasteiger partial charge on any atom is -0.493 e. The fourth-order valence-electron chi connectivity index (χ4n) is 4.87. The molecule has 0 aliphatic carbocycles. The van der Waals surface area contributed by atoms with Crippen LogP contribution in [0.3, 0.4) is 0 Å². The van der Waals surface area contributed by atoms with Crippen molar-refractivity contribution in [2.45, 2.75) is 39.7 Å². The monoisotopic (exact) mass is 457 g/mol. The third-order valence-electron chi connectivity index (χ3n) is 6.75. The summed E-state index contributed by atoms with van der Waals surface area (Å²) in [5.74, 6) is 1.99. The van der Waals surface area contributed by atoms with Crippen LogP contribution < -0.4 is 10.2 Å². The Morgan fingerprint density at radius 1 is 1.09 bits per heavy atom. The van der Waals surface area contributed by atoms with E-state index in [0.717, 1.165) is 57.7 Å². The van der Waals surface area contributed by atoms with Crippen LogP contribution in [0.2, 0.25) is 0 Å². The van der Waals surface area contributed by atoms with Gasteiger partial charge < -0.3 is 18.5 Å². The summed E-state index contributed by atoms with van der Waals surface area (Å²) in [7, 11) is 1.70. The zero-order valence-electron chi connectivity index (χ0n) is 20.3. The number of fused-ring (bicyclic) bond motifs is 4. The number of furan rings is 1. The van der Waals surface area contributed by atoms with Gasteiger partial charge in [-0.25, -0.2) is 0 Å². The molecule has 0 radical (unpaired) electrons. The van der Waals surface area contributed by atoms with Gasteiger partial charge in [0.2, 0.25) is 0 Å². The second-order valence-electron chi connectivity index (χ2n) is 9.48. The van der Waals surface area contributed by atoms with E-state index in [1.807, 2.05) is 37.4 Å². The summed E-state index contributed by atoms with van der Waals surface area (Å²) >= 11 is 0. The van der Waals surface area contributed by atoms with Crippen LogP contribution in [0.15, 0.2) is 63.9 Å². The Morgan fingerprint density at radius 3 is 2.68 bits per heavy atom. The molecule has 2 aromatic carbocycles. The molecule has 1 unspecified atom stereocenters. The molecular weight excluding hydrogens is 426 g/mol. The Morgan fingerprint density at radius 2 is 1.91 bits per heavy atom. The Labute approximate surface area is 199 Å². The largest absolute Gasteiger partial charge is 0.493 e. The normalized spacial score (nSPS) is 14.9. The number of methoxy groups -OCH3 is 1. The Kier molecular flexibility index (Phi) is 6.05. The first-order valence-corrected chi connectivity index (χ1v) is 12.0. The fourth-order valence-corrected chi connectivity index (χ4v) is 4.87. The Bertz CT molecular complexity index is 1360. The molecule has 34 heavy (non-hydrogen) atoms. The first kappa shape index (κ1) is 22.5. The van der Waals surface area contributed by atoms with Crippen molar-refractivity contribution in [1.82, 2.24) is 4.57 Å². The third-order valence-corrected chi connectivity index (χ3v) is 6.75. The topological polar surface area (TPSA) is 53.6 Å². The van der Waals surface area contributed by atoms with E-state index in [0.29, 0.717) is 19.1 Å². The summed E-state index contributed by atoms with van der Waals surface area (Å²) in [5, 5.41) is 1.05. The molecule has 4 aromatic rings.